The first-order valence-corrected chi connectivity index (χ1v) is 7.86. The van der Waals surface area contributed by atoms with Gasteiger partial charge in [-0.15, -0.1) is 0 Å². The predicted octanol–water partition coefficient (Wildman–Crippen LogP) is 2.28. The SMILES string of the molecule is Cc1ccccc1C(C)NCCCN1CCN(C)CC1. The van der Waals surface area contributed by atoms with Crippen LogP contribution in [0.3, 0.4) is 0 Å². The first-order valence-electron chi connectivity index (χ1n) is 7.86. The Hall–Kier alpha value is -0.900. The minimum absolute atomic E-state index is 0.448. The molecule has 3 heteroatoms. The standard InChI is InChI=1S/C17H29N3/c1-15-7-4-5-8-17(15)16(2)18-9-6-10-20-13-11-19(3)12-14-20/h4-5,7-8,16,18H,6,9-14H2,1-3H3. The summed E-state index contributed by atoms with van der Waals surface area (Å²) in [5.41, 5.74) is 2.80. The highest BCUT2D eigenvalue weighted by molar-refractivity contribution is 5.28. The molecule has 2 rings (SSSR count). The van der Waals surface area contributed by atoms with Crippen LogP contribution in [0, 0.1) is 6.92 Å². The molecule has 20 heavy (non-hydrogen) atoms. The molecule has 0 spiro atoms. The molecule has 1 saturated heterocycles. The van der Waals surface area contributed by atoms with Crippen molar-refractivity contribution in [3.05, 3.63) is 35.4 Å². The summed E-state index contributed by atoms with van der Waals surface area (Å²) in [5, 5.41) is 3.65. The molecule has 1 aromatic rings. The molecule has 1 heterocycles. The maximum absolute atomic E-state index is 3.65. The van der Waals surface area contributed by atoms with E-state index in [1.165, 1.54) is 50.3 Å². The number of rotatable bonds is 6. The van der Waals surface area contributed by atoms with Crippen molar-refractivity contribution in [1.29, 1.82) is 0 Å². The molecule has 1 N–H and O–H groups in total. The van der Waals surface area contributed by atoms with Crippen molar-refractivity contribution in [2.75, 3.05) is 46.3 Å². The molecule has 1 aromatic carbocycles. The Bertz CT molecular complexity index is 397. The largest absolute Gasteiger partial charge is 0.310 e. The summed E-state index contributed by atoms with van der Waals surface area (Å²) in [6.45, 7) is 11.7. The zero-order chi connectivity index (χ0) is 14.4. The van der Waals surface area contributed by atoms with Gasteiger partial charge in [0.1, 0.15) is 0 Å². The van der Waals surface area contributed by atoms with E-state index >= 15 is 0 Å². The van der Waals surface area contributed by atoms with Gasteiger partial charge in [-0.05, 0) is 51.5 Å². The number of piperazine rings is 1. The molecule has 0 saturated carbocycles. The summed E-state index contributed by atoms with van der Waals surface area (Å²) in [6, 6.07) is 9.11. The maximum Gasteiger partial charge on any atom is 0.0294 e. The smallest absolute Gasteiger partial charge is 0.0294 e. The molecule has 3 nitrogen and oxygen atoms in total. The van der Waals surface area contributed by atoms with Gasteiger partial charge in [0, 0.05) is 32.2 Å². The molecule has 1 aliphatic rings. The van der Waals surface area contributed by atoms with Crippen LogP contribution in [0.15, 0.2) is 24.3 Å². The van der Waals surface area contributed by atoms with Crippen LogP contribution in [-0.2, 0) is 0 Å². The number of benzene rings is 1. The van der Waals surface area contributed by atoms with E-state index in [0.717, 1.165) is 6.54 Å². The molecule has 0 bridgehead atoms. The lowest BCUT2D eigenvalue weighted by Crippen LogP contribution is -2.45. The van der Waals surface area contributed by atoms with Gasteiger partial charge in [0.2, 0.25) is 0 Å². The highest BCUT2D eigenvalue weighted by Crippen LogP contribution is 2.16. The number of nitrogens with one attached hydrogen (secondary N) is 1. The van der Waals surface area contributed by atoms with Gasteiger partial charge in [-0.3, -0.25) is 0 Å². The fourth-order valence-corrected chi connectivity index (χ4v) is 2.88. The molecule has 112 valence electrons. The molecule has 1 unspecified atom stereocenters. The van der Waals surface area contributed by atoms with E-state index in [2.05, 4.69) is 60.3 Å². The number of likely N-dealkylation sites (N-methyl/N-ethyl adjacent to an activating group) is 1. The topological polar surface area (TPSA) is 18.5 Å². The molecule has 0 aliphatic carbocycles. The van der Waals surface area contributed by atoms with E-state index in [9.17, 15) is 0 Å². The van der Waals surface area contributed by atoms with Crippen LogP contribution in [0.25, 0.3) is 0 Å². The second kappa shape index (κ2) is 7.77. The lowest BCUT2D eigenvalue weighted by atomic mass is 10.0. The third kappa shape index (κ3) is 4.58. The number of aryl methyl sites for hydroxylation is 1. The van der Waals surface area contributed by atoms with Crippen LogP contribution in [0.4, 0.5) is 0 Å². The molecular formula is C17H29N3. The molecule has 0 amide bonds. The van der Waals surface area contributed by atoms with Crippen molar-refractivity contribution in [1.82, 2.24) is 15.1 Å². The van der Waals surface area contributed by atoms with Crippen LogP contribution in [0.2, 0.25) is 0 Å². The first-order chi connectivity index (χ1) is 9.66. The third-order valence-corrected chi connectivity index (χ3v) is 4.35. The normalized spacial score (nSPS) is 19.1. The van der Waals surface area contributed by atoms with E-state index in [-0.39, 0.29) is 0 Å². The van der Waals surface area contributed by atoms with Gasteiger partial charge in [0.05, 0.1) is 0 Å². The van der Waals surface area contributed by atoms with E-state index < -0.39 is 0 Å². The van der Waals surface area contributed by atoms with Gasteiger partial charge in [-0.2, -0.15) is 0 Å². The summed E-state index contributed by atoms with van der Waals surface area (Å²) in [5.74, 6) is 0. The Balaban J connectivity index is 1.65. The third-order valence-electron chi connectivity index (χ3n) is 4.35. The number of hydrogen-bond donors (Lipinski definition) is 1. The van der Waals surface area contributed by atoms with Gasteiger partial charge < -0.3 is 15.1 Å². The van der Waals surface area contributed by atoms with Crippen molar-refractivity contribution in [3.8, 4) is 0 Å². The monoisotopic (exact) mass is 275 g/mol. The minimum Gasteiger partial charge on any atom is -0.310 e. The van der Waals surface area contributed by atoms with Gasteiger partial charge in [-0.1, -0.05) is 24.3 Å². The maximum atomic E-state index is 3.65. The Morgan fingerprint density at radius 3 is 2.55 bits per heavy atom. The first kappa shape index (κ1) is 15.5. The summed E-state index contributed by atoms with van der Waals surface area (Å²) < 4.78 is 0. The van der Waals surface area contributed by atoms with E-state index in [1.54, 1.807) is 0 Å². The molecule has 1 atom stereocenters. The summed E-state index contributed by atoms with van der Waals surface area (Å²) in [6.07, 6.45) is 1.24. The van der Waals surface area contributed by atoms with E-state index in [0.29, 0.717) is 6.04 Å². The lowest BCUT2D eigenvalue weighted by Gasteiger charge is -2.32. The zero-order valence-electron chi connectivity index (χ0n) is 13.2. The van der Waals surface area contributed by atoms with Crippen molar-refractivity contribution in [2.45, 2.75) is 26.3 Å². The summed E-state index contributed by atoms with van der Waals surface area (Å²) >= 11 is 0. The fraction of sp³-hybridized carbons (Fsp3) is 0.647. The Morgan fingerprint density at radius 2 is 1.85 bits per heavy atom. The Morgan fingerprint density at radius 1 is 1.15 bits per heavy atom. The molecule has 0 aromatic heterocycles. The second-order valence-corrected chi connectivity index (χ2v) is 6.03. The Kier molecular flexibility index (Phi) is 6.02. The van der Waals surface area contributed by atoms with Gasteiger partial charge in [-0.25, -0.2) is 0 Å². The van der Waals surface area contributed by atoms with Crippen molar-refractivity contribution < 1.29 is 0 Å². The van der Waals surface area contributed by atoms with Gasteiger partial charge >= 0.3 is 0 Å². The number of hydrogen-bond acceptors (Lipinski definition) is 3. The lowest BCUT2D eigenvalue weighted by molar-refractivity contribution is 0.152. The minimum atomic E-state index is 0.448. The average molecular weight is 275 g/mol. The van der Waals surface area contributed by atoms with Crippen LogP contribution in [0.5, 0.6) is 0 Å². The van der Waals surface area contributed by atoms with Gasteiger partial charge in [0.25, 0.3) is 0 Å². The van der Waals surface area contributed by atoms with Crippen LogP contribution >= 0.6 is 0 Å². The van der Waals surface area contributed by atoms with Crippen LogP contribution in [-0.4, -0.2) is 56.1 Å². The summed E-state index contributed by atoms with van der Waals surface area (Å²) in [4.78, 5) is 5.00. The molecular weight excluding hydrogens is 246 g/mol. The van der Waals surface area contributed by atoms with Crippen LogP contribution in [0.1, 0.15) is 30.5 Å². The van der Waals surface area contributed by atoms with Crippen LogP contribution < -0.4 is 5.32 Å². The van der Waals surface area contributed by atoms with Gasteiger partial charge in [0.15, 0.2) is 0 Å². The molecule has 1 fully saturated rings. The predicted molar refractivity (Wildman–Crippen MR) is 86.2 cm³/mol. The quantitative estimate of drug-likeness (QED) is 0.804. The number of nitrogens with zero attached hydrogens (tertiary/aromatic N) is 2. The summed E-state index contributed by atoms with van der Waals surface area (Å²) in [7, 11) is 2.21. The average Bonchev–Trinajstić information content (AvgIpc) is 2.46. The molecule has 0 radical (unpaired) electrons. The van der Waals surface area contributed by atoms with E-state index in [4.69, 9.17) is 0 Å². The zero-order valence-corrected chi connectivity index (χ0v) is 13.2. The molecule has 1 aliphatic heterocycles. The van der Waals surface area contributed by atoms with Crippen molar-refractivity contribution >= 4 is 0 Å². The Labute approximate surface area is 124 Å². The highest BCUT2D eigenvalue weighted by Gasteiger charge is 2.13. The second-order valence-electron chi connectivity index (χ2n) is 6.03. The van der Waals surface area contributed by atoms with Crippen molar-refractivity contribution in [3.63, 3.8) is 0 Å². The van der Waals surface area contributed by atoms with Crippen molar-refractivity contribution in [2.24, 2.45) is 0 Å². The van der Waals surface area contributed by atoms with E-state index in [1.807, 2.05) is 0 Å². The fourth-order valence-electron chi connectivity index (χ4n) is 2.88. The highest BCUT2D eigenvalue weighted by atomic mass is 15.2.